The van der Waals surface area contributed by atoms with Gasteiger partial charge in [-0.1, -0.05) is 34.6 Å². The summed E-state index contributed by atoms with van der Waals surface area (Å²) < 4.78 is 2.33. The van der Waals surface area contributed by atoms with Gasteiger partial charge in [0.25, 0.3) is 0 Å². The molecule has 0 saturated heterocycles. The quantitative estimate of drug-likeness (QED) is 0.775. The molecule has 0 aromatic carbocycles. The maximum Gasteiger partial charge on any atom is 0.0383 e. The van der Waals surface area contributed by atoms with Crippen LogP contribution in [0.2, 0.25) is 0 Å². The van der Waals surface area contributed by atoms with Gasteiger partial charge in [0, 0.05) is 29.9 Å². The Labute approximate surface area is 98.8 Å². The number of hydrogen-bond donors (Lipinski definition) is 1. The molecule has 1 aromatic heterocycles. The first-order valence-corrected chi connectivity index (χ1v) is 6.23. The molecule has 1 aliphatic rings. The summed E-state index contributed by atoms with van der Waals surface area (Å²) >= 11 is 0. The Bertz CT molecular complexity index is 384. The van der Waals surface area contributed by atoms with Crippen molar-refractivity contribution in [3.63, 3.8) is 0 Å². The molecular weight excluding hydrogens is 196 g/mol. The minimum Gasteiger partial charge on any atom is -0.349 e. The zero-order valence-corrected chi connectivity index (χ0v) is 11.1. The third-order valence-electron chi connectivity index (χ3n) is 4.38. The van der Waals surface area contributed by atoms with E-state index in [0.717, 1.165) is 6.54 Å². The molecule has 0 saturated carbocycles. The van der Waals surface area contributed by atoms with Gasteiger partial charge in [0.05, 0.1) is 0 Å². The van der Waals surface area contributed by atoms with Crippen LogP contribution in [0.1, 0.15) is 40.3 Å². The van der Waals surface area contributed by atoms with Gasteiger partial charge in [0.2, 0.25) is 0 Å². The van der Waals surface area contributed by atoms with Crippen LogP contribution < -0.4 is 5.73 Å². The molecule has 0 aliphatic carbocycles. The lowest BCUT2D eigenvalue weighted by Crippen LogP contribution is -2.54. The largest absolute Gasteiger partial charge is 0.349 e. The third kappa shape index (κ3) is 1.22. The van der Waals surface area contributed by atoms with Gasteiger partial charge < -0.3 is 10.3 Å². The summed E-state index contributed by atoms with van der Waals surface area (Å²) in [6.45, 7) is 12.5. The van der Waals surface area contributed by atoms with Crippen LogP contribution in [-0.4, -0.2) is 10.6 Å². The molecule has 2 heteroatoms. The van der Waals surface area contributed by atoms with E-state index in [-0.39, 0.29) is 16.9 Å². The Morgan fingerprint density at radius 2 is 2.06 bits per heavy atom. The molecule has 0 bridgehead atoms. The van der Waals surface area contributed by atoms with Crippen LogP contribution in [0.4, 0.5) is 0 Å². The molecule has 2 N–H and O–H groups in total. The molecule has 1 aromatic rings. The summed E-state index contributed by atoms with van der Waals surface area (Å²) in [4.78, 5) is 0. The average molecular weight is 220 g/mol. The van der Waals surface area contributed by atoms with E-state index >= 15 is 0 Å². The van der Waals surface area contributed by atoms with Gasteiger partial charge in [-0.2, -0.15) is 0 Å². The van der Waals surface area contributed by atoms with Gasteiger partial charge in [-0.05, 0) is 23.5 Å². The standard InChI is InChI=1S/C14H24N2/c1-10(2)14(13(3,4)5)11(15)9-16-8-6-7-12(14)16/h6-8,10-11H,9,15H2,1-5H3/t11-,14?/m1/s1. The fraction of sp³-hybridized carbons (Fsp3) is 0.714. The minimum absolute atomic E-state index is 0.0938. The van der Waals surface area contributed by atoms with Gasteiger partial charge in [-0.3, -0.25) is 0 Å². The van der Waals surface area contributed by atoms with E-state index in [9.17, 15) is 0 Å². The maximum atomic E-state index is 6.47. The summed E-state index contributed by atoms with van der Waals surface area (Å²) in [5, 5.41) is 0. The average Bonchev–Trinajstić information content (AvgIpc) is 2.58. The molecule has 16 heavy (non-hydrogen) atoms. The van der Waals surface area contributed by atoms with Crippen LogP contribution in [-0.2, 0) is 12.0 Å². The fourth-order valence-corrected chi connectivity index (χ4v) is 4.03. The van der Waals surface area contributed by atoms with Crippen molar-refractivity contribution >= 4 is 0 Å². The highest BCUT2D eigenvalue weighted by molar-refractivity contribution is 5.31. The van der Waals surface area contributed by atoms with Crippen molar-refractivity contribution in [3.8, 4) is 0 Å². The predicted molar refractivity (Wildman–Crippen MR) is 68.4 cm³/mol. The SMILES string of the molecule is CC(C)C1(C(C)(C)C)c2cccn2C[C@H]1N. The molecule has 2 heterocycles. The fourth-order valence-electron chi connectivity index (χ4n) is 4.03. The number of rotatable bonds is 1. The number of hydrogen-bond acceptors (Lipinski definition) is 1. The summed E-state index contributed by atoms with van der Waals surface area (Å²) in [7, 11) is 0. The smallest absolute Gasteiger partial charge is 0.0383 e. The molecule has 1 unspecified atom stereocenters. The van der Waals surface area contributed by atoms with Crippen molar-refractivity contribution in [3.05, 3.63) is 24.0 Å². The zero-order chi connectivity index (χ0) is 12.1. The summed E-state index contributed by atoms with van der Waals surface area (Å²) in [6.07, 6.45) is 2.16. The highest BCUT2D eigenvalue weighted by atomic mass is 15.1. The summed E-state index contributed by atoms with van der Waals surface area (Å²) in [5.74, 6) is 0.554. The van der Waals surface area contributed by atoms with Crippen molar-refractivity contribution < 1.29 is 0 Å². The predicted octanol–water partition coefficient (Wildman–Crippen LogP) is 2.77. The monoisotopic (exact) mass is 220 g/mol. The second-order valence-corrected chi connectivity index (χ2v) is 6.43. The zero-order valence-electron chi connectivity index (χ0n) is 11.1. The molecule has 0 amide bonds. The van der Waals surface area contributed by atoms with Crippen molar-refractivity contribution in [1.29, 1.82) is 0 Å². The Balaban J connectivity index is 2.65. The first-order valence-electron chi connectivity index (χ1n) is 6.23. The number of nitrogens with zero attached hydrogens (tertiary/aromatic N) is 1. The molecule has 2 rings (SSSR count). The van der Waals surface area contributed by atoms with Crippen LogP contribution in [0.25, 0.3) is 0 Å². The molecule has 0 spiro atoms. The van der Waals surface area contributed by atoms with Crippen LogP contribution >= 0.6 is 0 Å². The highest BCUT2D eigenvalue weighted by Crippen LogP contribution is 2.52. The van der Waals surface area contributed by atoms with E-state index in [2.05, 4.69) is 57.5 Å². The van der Waals surface area contributed by atoms with E-state index in [1.807, 2.05) is 0 Å². The van der Waals surface area contributed by atoms with Crippen LogP contribution in [0, 0.1) is 11.3 Å². The maximum absolute atomic E-state index is 6.47. The lowest BCUT2D eigenvalue weighted by molar-refractivity contribution is 0.102. The molecule has 2 atom stereocenters. The first kappa shape index (κ1) is 11.7. The van der Waals surface area contributed by atoms with Crippen LogP contribution in [0.3, 0.4) is 0 Å². The molecule has 2 nitrogen and oxygen atoms in total. The molecule has 0 radical (unpaired) electrons. The normalized spacial score (nSPS) is 29.8. The van der Waals surface area contributed by atoms with E-state index < -0.39 is 0 Å². The lowest BCUT2D eigenvalue weighted by Gasteiger charge is -2.48. The molecule has 1 aliphatic heterocycles. The second kappa shape index (κ2) is 3.36. The topological polar surface area (TPSA) is 30.9 Å². The van der Waals surface area contributed by atoms with Crippen molar-refractivity contribution in [2.75, 3.05) is 0 Å². The Kier molecular flexibility index (Phi) is 2.46. The molecule has 90 valence electrons. The van der Waals surface area contributed by atoms with Crippen molar-refractivity contribution in [2.45, 2.75) is 52.6 Å². The third-order valence-corrected chi connectivity index (χ3v) is 4.38. The van der Waals surface area contributed by atoms with E-state index in [0.29, 0.717) is 5.92 Å². The van der Waals surface area contributed by atoms with Crippen LogP contribution in [0.5, 0.6) is 0 Å². The summed E-state index contributed by atoms with van der Waals surface area (Å²) in [5.41, 5.74) is 8.18. The van der Waals surface area contributed by atoms with E-state index in [4.69, 9.17) is 5.73 Å². The van der Waals surface area contributed by atoms with Gasteiger partial charge in [0.15, 0.2) is 0 Å². The minimum atomic E-state index is 0.0938. The van der Waals surface area contributed by atoms with E-state index in [1.165, 1.54) is 5.69 Å². The van der Waals surface area contributed by atoms with Crippen molar-refractivity contribution in [2.24, 2.45) is 17.1 Å². The number of fused-ring (bicyclic) bond motifs is 1. The first-order chi connectivity index (χ1) is 7.31. The Morgan fingerprint density at radius 3 is 2.56 bits per heavy atom. The van der Waals surface area contributed by atoms with Gasteiger partial charge in [-0.25, -0.2) is 0 Å². The Hall–Kier alpha value is -0.760. The summed E-state index contributed by atoms with van der Waals surface area (Å²) in [6, 6.07) is 4.62. The molecular formula is C14H24N2. The van der Waals surface area contributed by atoms with E-state index in [1.54, 1.807) is 0 Å². The van der Waals surface area contributed by atoms with Crippen LogP contribution in [0.15, 0.2) is 18.3 Å². The van der Waals surface area contributed by atoms with Gasteiger partial charge in [-0.15, -0.1) is 0 Å². The number of nitrogens with two attached hydrogens (primary N) is 1. The van der Waals surface area contributed by atoms with Crippen molar-refractivity contribution in [1.82, 2.24) is 4.57 Å². The van der Waals surface area contributed by atoms with Gasteiger partial charge >= 0.3 is 0 Å². The molecule has 0 fully saturated rings. The Morgan fingerprint density at radius 1 is 1.44 bits per heavy atom. The lowest BCUT2D eigenvalue weighted by atomic mass is 9.56. The number of aromatic nitrogens is 1. The highest BCUT2D eigenvalue weighted by Gasteiger charge is 2.54. The van der Waals surface area contributed by atoms with Gasteiger partial charge in [0.1, 0.15) is 0 Å². The second-order valence-electron chi connectivity index (χ2n) is 6.43.